The Morgan fingerprint density at radius 3 is 2.57 bits per heavy atom. The van der Waals surface area contributed by atoms with E-state index in [0.717, 1.165) is 69.7 Å². The average Bonchev–Trinajstić information content (AvgIpc) is 3.76. The number of hydrogen-bond acceptors (Lipinski definition) is 7. The summed E-state index contributed by atoms with van der Waals surface area (Å²) >= 11 is 0. The van der Waals surface area contributed by atoms with Crippen molar-refractivity contribution in [2.75, 3.05) is 45.2 Å². The van der Waals surface area contributed by atoms with Crippen molar-refractivity contribution in [2.24, 2.45) is 0 Å². The summed E-state index contributed by atoms with van der Waals surface area (Å²) in [4.78, 5) is 21.3. The van der Waals surface area contributed by atoms with Crippen LogP contribution in [0, 0.1) is 5.82 Å². The van der Waals surface area contributed by atoms with E-state index >= 15 is 0 Å². The zero-order valence-electron chi connectivity index (χ0n) is 23.6. The first kappa shape index (κ1) is 26.1. The minimum absolute atomic E-state index is 0.345. The van der Waals surface area contributed by atoms with Crippen LogP contribution in [0.15, 0.2) is 67.4 Å². The molecule has 6 aromatic rings. The van der Waals surface area contributed by atoms with E-state index in [1.165, 1.54) is 25.0 Å². The first-order chi connectivity index (χ1) is 20.5. The van der Waals surface area contributed by atoms with Crippen molar-refractivity contribution >= 4 is 27.6 Å². The molecule has 212 valence electrons. The Kier molecular flexibility index (Phi) is 6.75. The highest BCUT2D eigenvalue weighted by Gasteiger charge is 2.17. The molecule has 0 aliphatic carbocycles. The van der Waals surface area contributed by atoms with Crippen molar-refractivity contribution in [3.8, 4) is 39.4 Å². The number of fused-ring (bicyclic) bond motifs is 2. The molecule has 7 rings (SSSR count). The van der Waals surface area contributed by atoms with E-state index in [1.807, 2.05) is 49.7 Å². The smallest absolute Gasteiger partial charge is 0.181 e. The predicted molar refractivity (Wildman–Crippen MR) is 163 cm³/mol. The van der Waals surface area contributed by atoms with E-state index in [4.69, 9.17) is 4.74 Å². The summed E-state index contributed by atoms with van der Waals surface area (Å²) < 4.78 is 20.7. The Labute approximate surface area is 242 Å². The Balaban J connectivity index is 1.22. The van der Waals surface area contributed by atoms with Crippen molar-refractivity contribution in [3.05, 3.63) is 73.2 Å². The number of rotatable bonds is 8. The Morgan fingerprint density at radius 1 is 0.881 bits per heavy atom. The molecule has 2 N–H and O–H groups in total. The van der Waals surface area contributed by atoms with Crippen LogP contribution in [0.25, 0.3) is 55.6 Å². The zero-order chi connectivity index (χ0) is 28.6. The molecule has 0 unspecified atom stereocenters. The molecule has 0 spiro atoms. The minimum atomic E-state index is -0.345. The molecule has 1 fully saturated rings. The van der Waals surface area contributed by atoms with E-state index in [-0.39, 0.29) is 5.82 Å². The van der Waals surface area contributed by atoms with Gasteiger partial charge in [-0.1, -0.05) is 0 Å². The summed E-state index contributed by atoms with van der Waals surface area (Å²) in [7, 11) is 3.98. The summed E-state index contributed by atoms with van der Waals surface area (Å²) in [6, 6.07) is 11.0. The summed E-state index contributed by atoms with van der Waals surface area (Å²) in [5.41, 5.74) is 7.53. The molecule has 6 heterocycles. The van der Waals surface area contributed by atoms with Gasteiger partial charge in [0.2, 0.25) is 0 Å². The van der Waals surface area contributed by atoms with Gasteiger partial charge >= 0.3 is 0 Å². The van der Waals surface area contributed by atoms with Gasteiger partial charge in [0.1, 0.15) is 18.2 Å². The van der Waals surface area contributed by atoms with Crippen molar-refractivity contribution in [2.45, 2.75) is 12.8 Å². The lowest BCUT2D eigenvalue weighted by Gasteiger charge is -2.15. The van der Waals surface area contributed by atoms with Crippen LogP contribution in [0.3, 0.4) is 0 Å². The highest BCUT2D eigenvalue weighted by atomic mass is 19.1. The van der Waals surface area contributed by atoms with Gasteiger partial charge < -0.3 is 14.6 Å². The fourth-order valence-electron chi connectivity index (χ4n) is 5.61. The van der Waals surface area contributed by atoms with Crippen LogP contribution < -0.4 is 9.64 Å². The normalized spacial score (nSPS) is 13.8. The minimum Gasteiger partial charge on any atom is -0.492 e. The molecule has 10 heteroatoms. The fraction of sp³-hybridized carbons (Fsp3) is 0.250. The van der Waals surface area contributed by atoms with E-state index in [2.05, 4.69) is 47.2 Å². The lowest BCUT2D eigenvalue weighted by atomic mass is 10.0. The van der Waals surface area contributed by atoms with Crippen LogP contribution in [0.4, 0.5) is 10.1 Å². The monoisotopic (exact) mass is 562 g/mol. The third kappa shape index (κ3) is 5.05. The number of H-pyrrole nitrogens is 2. The lowest BCUT2D eigenvalue weighted by molar-refractivity contribution is 0.237. The molecule has 0 atom stereocenters. The number of anilines is 1. The maximum atomic E-state index is 14.7. The average molecular weight is 563 g/mol. The van der Waals surface area contributed by atoms with Crippen molar-refractivity contribution < 1.29 is 9.13 Å². The van der Waals surface area contributed by atoms with Crippen LogP contribution in [0.1, 0.15) is 12.8 Å². The van der Waals surface area contributed by atoms with Gasteiger partial charge in [-0.25, -0.2) is 9.37 Å². The maximum Gasteiger partial charge on any atom is 0.181 e. The molecule has 0 amide bonds. The molecule has 1 saturated heterocycles. The summed E-state index contributed by atoms with van der Waals surface area (Å²) in [6.07, 6.45) is 11.5. The van der Waals surface area contributed by atoms with Crippen molar-refractivity contribution in [1.82, 2.24) is 35.0 Å². The van der Waals surface area contributed by atoms with Crippen molar-refractivity contribution in [3.63, 3.8) is 0 Å². The fourth-order valence-corrected chi connectivity index (χ4v) is 5.61. The van der Waals surface area contributed by atoms with E-state index < -0.39 is 0 Å². The number of likely N-dealkylation sites (tertiary alicyclic amines) is 1. The van der Waals surface area contributed by atoms with Gasteiger partial charge in [-0.2, -0.15) is 5.10 Å². The molecule has 0 bridgehead atoms. The zero-order valence-corrected chi connectivity index (χ0v) is 23.6. The Morgan fingerprint density at radius 2 is 1.71 bits per heavy atom. The van der Waals surface area contributed by atoms with Gasteiger partial charge in [0.25, 0.3) is 0 Å². The second kappa shape index (κ2) is 10.9. The molecule has 1 aliphatic rings. The molecule has 42 heavy (non-hydrogen) atoms. The third-order valence-electron chi connectivity index (χ3n) is 7.86. The molecular formula is C32H31FN8O. The quantitative estimate of drug-likeness (QED) is 0.238. The van der Waals surface area contributed by atoms with E-state index in [0.29, 0.717) is 23.6 Å². The largest absolute Gasteiger partial charge is 0.492 e. The Hall–Kier alpha value is -4.83. The molecule has 9 nitrogen and oxygen atoms in total. The first-order valence-electron chi connectivity index (χ1n) is 14.1. The summed E-state index contributed by atoms with van der Waals surface area (Å²) in [6.45, 7) is 3.57. The highest BCUT2D eigenvalue weighted by Crippen LogP contribution is 2.36. The highest BCUT2D eigenvalue weighted by molar-refractivity contribution is 6.00. The maximum absolute atomic E-state index is 14.7. The number of ether oxygens (including phenoxy) is 1. The number of hydrogen-bond donors (Lipinski definition) is 2. The number of aromatic nitrogens is 6. The SMILES string of the molecule is CN(C)c1cncc(-c2cnc3n[nH]c(-c4cc5c(-c6cc(F)cc(OCCN7CCCC7)c6)cncc5[nH]4)c3c2)c1. The molecule has 1 aromatic carbocycles. The van der Waals surface area contributed by atoms with E-state index in [9.17, 15) is 4.39 Å². The molecular weight excluding hydrogens is 531 g/mol. The number of halogens is 1. The molecule has 0 radical (unpaired) electrons. The number of pyridine rings is 3. The molecule has 1 aliphatic heterocycles. The molecule has 5 aromatic heterocycles. The summed E-state index contributed by atoms with van der Waals surface area (Å²) in [5.74, 6) is 0.172. The number of aromatic amines is 2. The van der Waals surface area contributed by atoms with Gasteiger partial charge in [-0.3, -0.25) is 20.0 Å². The standard InChI is InChI=1S/C32H31FN8O/c1-40(2)24-10-21(15-34-17-24)22-12-27-31(38-39-32(27)36-16-22)29-14-26-28(18-35-19-30(26)37-29)20-9-23(33)13-25(11-20)42-8-7-41-5-3-4-6-41/h9-19,37H,3-8H2,1-2H3,(H,36,38,39). The van der Waals surface area contributed by atoms with Crippen LogP contribution in [0.5, 0.6) is 5.75 Å². The number of benzene rings is 1. The topological polar surface area (TPSA) is 98.8 Å². The van der Waals surface area contributed by atoms with Gasteiger partial charge in [0, 0.05) is 72.8 Å². The van der Waals surface area contributed by atoms with Gasteiger partial charge in [0.05, 0.1) is 35.0 Å². The first-order valence-corrected chi connectivity index (χ1v) is 14.1. The van der Waals surface area contributed by atoms with Gasteiger partial charge in [0.15, 0.2) is 5.65 Å². The second-order valence-corrected chi connectivity index (χ2v) is 10.9. The van der Waals surface area contributed by atoms with Crippen LogP contribution in [0.2, 0.25) is 0 Å². The lowest BCUT2D eigenvalue weighted by Crippen LogP contribution is -2.25. The van der Waals surface area contributed by atoms with E-state index in [1.54, 1.807) is 12.4 Å². The van der Waals surface area contributed by atoms with Crippen LogP contribution in [-0.4, -0.2) is 75.4 Å². The third-order valence-corrected chi connectivity index (χ3v) is 7.86. The van der Waals surface area contributed by atoms with Crippen LogP contribution in [-0.2, 0) is 0 Å². The predicted octanol–water partition coefficient (Wildman–Crippen LogP) is 5.91. The van der Waals surface area contributed by atoms with Gasteiger partial charge in [-0.05, 0) is 61.8 Å². The van der Waals surface area contributed by atoms with Gasteiger partial charge in [-0.15, -0.1) is 0 Å². The van der Waals surface area contributed by atoms with Crippen LogP contribution >= 0.6 is 0 Å². The molecule has 0 saturated carbocycles. The summed E-state index contributed by atoms with van der Waals surface area (Å²) in [5, 5.41) is 9.39. The number of nitrogens with one attached hydrogen (secondary N) is 2. The second-order valence-electron chi connectivity index (χ2n) is 10.9. The Bertz CT molecular complexity index is 1890. The number of nitrogens with zero attached hydrogens (tertiary/aromatic N) is 6. The van der Waals surface area contributed by atoms with Crippen molar-refractivity contribution in [1.29, 1.82) is 0 Å².